The van der Waals surface area contributed by atoms with Gasteiger partial charge in [0.2, 0.25) is 0 Å². The molecule has 0 spiro atoms. The molecule has 4 heteroatoms. The molecule has 0 heterocycles. The first-order valence-electron chi connectivity index (χ1n) is 10.6. The van der Waals surface area contributed by atoms with Crippen LogP contribution in [0.1, 0.15) is 48.5 Å². The lowest BCUT2D eigenvalue weighted by atomic mass is 10.0. The Morgan fingerprint density at radius 3 is 2.10 bits per heavy atom. The summed E-state index contributed by atoms with van der Waals surface area (Å²) in [5.41, 5.74) is 7.12. The molecule has 0 saturated carbocycles. The second-order valence-electron chi connectivity index (χ2n) is 7.24. The van der Waals surface area contributed by atoms with Gasteiger partial charge in [0.05, 0.1) is 16.1 Å². The van der Waals surface area contributed by atoms with E-state index in [0.29, 0.717) is 16.1 Å². The van der Waals surface area contributed by atoms with Crippen molar-refractivity contribution >= 4 is 23.1 Å². The monoisotopic (exact) mass is 429 g/mol. The number of carbonyl (C=O) groups is 1. The van der Waals surface area contributed by atoms with Gasteiger partial charge in [-0.3, -0.25) is 0 Å². The van der Waals surface area contributed by atoms with Crippen LogP contribution >= 0.6 is 12.2 Å². The van der Waals surface area contributed by atoms with Crippen LogP contribution in [0.15, 0.2) is 96.7 Å². The molecule has 0 fully saturated rings. The fourth-order valence-electron chi connectivity index (χ4n) is 3.16. The SMILES string of the molecule is CCCCCC=C(NOC(=O)c1ccccc1)C(=S)c1ccc(-c2ccccc2)cc1. The summed E-state index contributed by atoms with van der Waals surface area (Å²) in [5.74, 6) is -0.442. The molecule has 1 N–H and O–H groups in total. The Bertz CT molecular complexity index is 1010. The summed E-state index contributed by atoms with van der Waals surface area (Å²) in [5, 5.41) is 0. The van der Waals surface area contributed by atoms with Gasteiger partial charge in [0.15, 0.2) is 0 Å². The maximum atomic E-state index is 12.3. The first-order chi connectivity index (χ1) is 15.2. The predicted octanol–water partition coefficient (Wildman–Crippen LogP) is 6.90. The molecule has 0 bridgehead atoms. The number of benzene rings is 3. The number of hydroxylamine groups is 1. The van der Waals surface area contributed by atoms with Crippen molar-refractivity contribution in [3.05, 3.63) is 108 Å². The van der Waals surface area contributed by atoms with E-state index in [2.05, 4.69) is 36.7 Å². The van der Waals surface area contributed by atoms with Gasteiger partial charge in [-0.05, 0) is 41.7 Å². The highest BCUT2D eigenvalue weighted by Crippen LogP contribution is 2.21. The van der Waals surface area contributed by atoms with Crippen LogP contribution in [0.4, 0.5) is 0 Å². The third-order valence-electron chi connectivity index (χ3n) is 4.92. The predicted molar refractivity (Wildman–Crippen MR) is 131 cm³/mol. The van der Waals surface area contributed by atoms with Crippen molar-refractivity contribution in [1.29, 1.82) is 0 Å². The summed E-state index contributed by atoms with van der Waals surface area (Å²) in [6.45, 7) is 2.17. The molecule has 158 valence electrons. The van der Waals surface area contributed by atoms with Gasteiger partial charge >= 0.3 is 5.97 Å². The third-order valence-corrected chi connectivity index (χ3v) is 5.37. The van der Waals surface area contributed by atoms with Gasteiger partial charge in [0, 0.05) is 0 Å². The second kappa shape index (κ2) is 11.8. The van der Waals surface area contributed by atoms with Gasteiger partial charge in [-0.25, -0.2) is 10.3 Å². The van der Waals surface area contributed by atoms with Crippen LogP contribution in [0.25, 0.3) is 11.1 Å². The molecular weight excluding hydrogens is 402 g/mol. The summed E-state index contributed by atoms with van der Waals surface area (Å²) >= 11 is 5.73. The van der Waals surface area contributed by atoms with Crippen LogP contribution in [-0.2, 0) is 4.84 Å². The van der Waals surface area contributed by atoms with E-state index >= 15 is 0 Å². The highest BCUT2D eigenvalue weighted by molar-refractivity contribution is 7.81. The van der Waals surface area contributed by atoms with Crippen LogP contribution in [0.3, 0.4) is 0 Å². The van der Waals surface area contributed by atoms with E-state index in [4.69, 9.17) is 17.1 Å². The van der Waals surface area contributed by atoms with Gasteiger partial charge in [-0.15, -0.1) is 0 Å². The summed E-state index contributed by atoms with van der Waals surface area (Å²) < 4.78 is 0. The molecule has 3 nitrogen and oxygen atoms in total. The van der Waals surface area contributed by atoms with E-state index in [0.717, 1.165) is 42.4 Å². The summed E-state index contributed by atoms with van der Waals surface area (Å²) in [6, 6.07) is 27.2. The molecule has 31 heavy (non-hydrogen) atoms. The Balaban J connectivity index is 1.73. The summed E-state index contributed by atoms with van der Waals surface area (Å²) in [6.07, 6.45) is 6.23. The quantitative estimate of drug-likeness (QED) is 0.125. The van der Waals surface area contributed by atoms with Crippen molar-refractivity contribution in [2.75, 3.05) is 0 Å². The minimum atomic E-state index is -0.442. The number of allylic oxidation sites excluding steroid dienone is 2. The number of hydrogen-bond donors (Lipinski definition) is 1. The fraction of sp³-hybridized carbons (Fsp3) is 0.185. The lowest BCUT2D eigenvalue weighted by Crippen LogP contribution is -2.24. The Morgan fingerprint density at radius 1 is 0.839 bits per heavy atom. The minimum absolute atomic E-state index is 0.442. The van der Waals surface area contributed by atoms with E-state index in [1.165, 1.54) is 0 Å². The summed E-state index contributed by atoms with van der Waals surface area (Å²) in [4.78, 5) is 18.3. The van der Waals surface area contributed by atoms with E-state index in [1.807, 2.05) is 42.5 Å². The lowest BCUT2D eigenvalue weighted by molar-refractivity contribution is 0.0336. The van der Waals surface area contributed by atoms with Crippen LogP contribution in [0.5, 0.6) is 0 Å². The zero-order valence-corrected chi connectivity index (χ0v) is 18.5. The van der Waals surface area contributed by atoms with Crippen molar-refractivity contribution < 1.29 is 9.63 Å². The molecule has 0 unspecified atom stereocenters. The highest BCUT2D eigenvalue weighted by Gasteiger charge is 2.12. The normalized spacial score (nSPS) is 11.1. The van der Waals surface area contributed by atoms with E-state index in [1.54, 1.807) is 24.3 Å². The lowest BCUT2D eigenvalue weighted by Gasteiger charge is -2.13. The number of unbranched alkanes of at least 4 members (excludes halogenated alkanes) is 3. The Hall–Kier alpha value is -3.24. The Morgan fingerprint density at radius 2 is 1.45 bits per heavy atom. The molecule has 0 aromatic heterocycles. The summed E-state index contributed by atoms with van der Waals surface area (Å²) in [7, 11) is 0. The molecule has 0 aliphatic carbocycles. The molecule has 0 atom stereocenters. The van der Waals surface area contributed by atoms with Crippen molar-refractivity contribution in [2.24, 2.45) is 0 Å². The largest absolute Gasteiger partial charge is 0.362 e. The van der Waals surface area contributed by atoms with Crippen molar-refractivity contribution in [3.8, 4) is 11.1 Å². The Labute approximate surface area is 189 Å². The molecule has 0 aliphatic heterocycles. The van der Waals surface area contributed by atoms with Crippen LogP contribution < -0.4 is 5.48 Å². The highest BCUT2D eigenvalue weighted by atomic mass is 32.1. The molecule has 3 aromatic rings. The fourth-order valence-corrected chi connectivity index (χ4v) is 3.42. The van der Waals surface area contributed by atoms with E-state index < -0.39 is 5.97 Å². The minimum Gasteiger partial charge on any atom is -0.338 e. The van der Waals surface area contributed by atoms with Gasteiger partial charge in [-0.2, -0.15) is 0 Å². The van der Waals surface area contributed by atoms with Crippen molar-refractivity contribution in [2.45, 2.75) is 32.6 Å². The van der Waals surface area contributed by atoms with Gasteiger partial charge in [0.25, 0.3) is 0 Å². The molecule has 0 amide bonds. The number of carbonyl (C=O) groups excluding carboxylic acids is 1. The second-order valence-corrected chi connectivity index (χ2v) is 7.65. The number of nitrogens with one attached hydrogen (secondary N) is 1. The topological polar surface area (TPSA) is 38.3 Å². The third kappa shape index (κ3) is 6.63. The van der Waals surface area contributed by atoms with Crippen LogP contribution in [0.2, 0.25) is 0 Å². The van der Waals surface area contributed by atoms with Gasteiger partial charge in [0.1, 0.15) is 0 Å². The smallest absolute Gasteiger partial charge is 0.338 e. The average molecular weight is 430 g/mol. The van der Waals surface area contributed by atoms with Crippen molar-refractivity contribution in [1.82, 2.24) is 5.48 Å². The van der Waals surface area contributed by atoms with Gasteiger partial charge < -0.3 is 4.84 Å². The van der Waals surface area contributed by atoms with Gasteiger partial charge in [-0.1, -0.05) is 111 Å². The molecule has 0 saturated heterocycles. The van der Waals surface area contributed by atoms with E-state index in [9.17, 15) is 4.79 Å². The molecular formula is C27H27NO2S. The first-order valence-corrected chi connectivity index (χ1v) is 11.0. The van der Waals surface area contributed by atoms with E-state index in [-0.39, 0.29) is 0 Å². The maximum Gasteiger partial charge on any atom is 0.362 e. The average Bonchev–Trinajstić information content (AvgIpc) is 2.84. The number of rotatable bonds is 10. The molecule has 0 radical (unpaired) electrons. The van der Waals surface area contributed by atoms with Crippen LogP contribution in [0, 0.1) is 0 Å². The van der Waals surface area contributed by atoms with Crippen molar-refractivity contribution in [3.63, 3.8) is 0 Å². The zero-order chi connectivity index (χ0) is 21.9. The standard InChI is InChI=1S/C27H27NO2S/c1-2-3-4-11-16-25(28-30-27(29)24-14-9-6-10-15-24)26(31)23-19-17-22(18-20-23)21-12-7-5-8-13-21/h5-10,12-20,28H,2-4,11H2,1H3. The zero-order valence-electron chi connectivity index (χ0n) is 17.7. The Kier molecular flexibility index (Phi) is 8.56. The molecule has 3 rings (SSSR count). The molecule has 0 aliphatic rings. The maximum absolute atomic E-state index is 12.3. The van der Waals surface area contributed by atoms with Crippen LogP contribution in [-0.4, -0.2) is 10.8 Å². The number of hydrogen-bond acceptors (Lipinski definition) is 4. The number of thiocarbonyl (C=S) groups is 1. The first kappa shape index (κ1) is 22.4. The molecule has 3 aromatic carbocycles.